The molecule has 1 aliphatic heterocycles. The first kappa shape index (κ1) is 22.9. The normalized spacial score (nSPS) is 18.8. The van der Waals surface area contributed by atoms with Gasteiger partial charge in [-0.15, -0.1) is 0 Å². The number of nitrogens with zero attached hydrogens (tertiary/aromatic N) is 1. The first-order valence-corrected chi connectivity index (χ1v) is 12.7. The summed E-state index contributed by atoms with van der Waals surface area (Å²) in [5, 5.41) is 0.807. The van der Waals surface area contributed by atoms with Gasteiger partial charge in [0.05, 0.1) is 5.41 Å². The molecule has 5 rings (SSSR count). The number of furan rings is 1. The number of Topliss-reactive ketones (excluding diaryl/α,β-unsaturated/α-hetero) is 1. The minimum absolute atomic E-state index is 0.173. The second kappa shape index (κ2) is 9.40. The van der Waals surface area contributed by atoms with Gasteiger partial charge in [0.2, 0.25) is 0 Å². The van der Waals surface area contributed by atoms with Crippen molar-refractivity contribution in [3.63, 3.8) is 0 Å². The van der Waals surface area contributed by atoms with Crippen LogP contribution in [-0.4, -0.2) is 23.8 Å². The summed E-state index contributed by atoms with van der Waals surface area (Å²) in [6.45, 7) is 5.70. The summed E-state index contributed by atoms with van der Waals surface area (Å²) in [5.41, 5.74) is 3.32. The zero-order chi connectivity index (χ0) is 23.7. The van der Waals surface area contributed by atoms with E-state index >= 15 is 0 Å². The van der Waals surface area contributed by atoms with Crippen LogP contribution in [0.2, 0.25) is 0 Å². The second-order valence-corrected chi connectivity index (χ2v) is 10.3. The Kier molecular flexibility index (Phi) is 6.33. The zero-order valence-corrected chi connectivity index (χ0v) is 20.3. The van der Waals surface area contributed by atoms with Crippen molar-refractivity contribution in [2.45, 2.75) is 64.2 Å². The standard InChI is InChI=1S/C30H34FNO2/c1-21-17-24-18-26(31)19-27(28(24)34-21)23-13-15-32(20-23)16-14-30(2,25-11-7-4-8-12-25)29(33)22-9-5-3-6-10-22/h4,7-8,11-12,17-20,22H,3,5-6,9-10,13-16H2,1-2H3. The molecule has 2 aromatic carbocycles. The maximum Gasteiger partial charge on any atom is 0.146 e. The molecule has 0 radical (unpaired) electrons. The van der Waals surface area contributed by atoms with Crippen molar-refractivity contribution in [2.24, 2.45) is 5.92 Å². The topological polar surface area (TPSA) is 33.5 Å². The largest absolute Gasteiger partial charge is 0.461 e. The third-order valence-corrected chi connectivity index (χ3v) is 7.89. The van der Waals surface area contributed by atoms with Crippen molar-refractivity contribution in [1.29, 1.82) is 0 Å². The number of halogens is 1. The Morgan fingerprint density at radius 2 is 1.88 bits per heavy atom. The molecule has 4 heteroatoms. The van der Waals surface area contributed by atoms with E-state index in [9.17, 15) is 9.18 Å². The number of hydrogen-bond acceptors (Lipinski definition) is 3. The lowest BCUT2D eigenvalue weighted by Gasteiger charge is -2.35. The first-order valence-electron chi connectivity index (χ1n) is 12.7. The van der Waals surface area contributed by atoms with Gasteiger partial charge in [-0.3, -0.25) is 4.79 Å². The fourth-order valence-electron chi connectivity index (χ4n) is 5.88. The summed E-state index contributed by atoms with van der Waals surface area (Å²) in [6, 6.07) is 15.3. The monoisotopic (exact) mass is 459 g/mol. The number of aryl methyl sites for hydroxylation is 1. The highest BCUT2D eigenvalue weighted by Crippen LogP contribution is 2.38. The molecule has 2 heterocycles. The van der Waals surface area contributed by atoms with Gasteiger partial charge in [-0.2, -0.15) is 0 Å². The molecule has 2 aliphatic rings. The lowest BCUT2D eigenvalue weighted by atomic mass is 9.69. The van der Waals surface area contributed by atoms with Gasteiger partial charge in [0, 0.05) is 36.2 Å². The molecule has 1 unspecified atom stereocenters. The van der Waals surface area contributed by atoms with Crippen molar-refractivity contribution in [1.82, 2.24) is 4.90 Å². The molecule has 1 atom stereocenters. The van der Waals surface area contributed by atoms with Crippen LogP contribution in [0.1, 0.15) is 68.8 Å². The fourth-order valence-corrected chi connectivity index (χ4v) is 5.88. The van der Waals surface area contributed by atoms with Gasteiger partial charge < -0.3 is 9.32 Å². The van der Waals surface area contributed by atoms with Crippen LogP contribution in [-0.2, 0) is 10.2 Å². The fraction of sp³-hybridized carbons (Fsp3) is 0.433. The van der Waals surface area contributed by atoms with Crippen molar-refractivity contribution in [2.75, 3.05) is 13.1 Å². The van der Waals surface area contributed by atoms with E-state index in [1.54, 1.807) is 6.07 Å². The maximum atomic E-state index is 14.3. The zero-order valence-electron chi connectivity index (χ0n) is 20.3. The minimum Gasteiger partial charge on any atom is -0.461 e. The summed E-state index contributed by atoms with van der Waals surface area (Å²) in [7, 11) is 0. The average molecular weight is 460 g/mol. The summed E-state index contributed by atoms with van der Waals surface area (Å²) in [6.07, 6.45) is 9.37. The highest BCUT2D eigenvalue weighted by atomic mass is 19.1. The summed E-state index contributed by atoms with van der Waals surface area (Å²) < 4.78 is 20.2. The number of ketones is 1. The Morgan fingerprint density at radius 1 is 1.12 bits per heavy atom. The Morgan fingerprint density at radius 3 is 2.65 bits per heavy atom. The van der Waals surface area contributed by atoms with E-state index in [1.807, 2.05) is 31.2 Å². The molecule has 0 saturated heterocycles. The molecule has 3 aromatic rings. The van der Waals surface area contributed by atoms with Crippen LogP contribution in [0, 0.1) is 18.7 Å². The molecule has 3 nitrogen and oxygen atoms in total. The predicted molar refractivity (Wildman–Crippen MR) is 135 cm³/mol. The van der Waals surface area contributed by atoms with Crippen LogP contribution in [0.4, 0.5) is 4.39 Å². The van der Waals surface area contributed by atoms with Crippen molar-refractivity contribution in [3.05, 3.63) is 77.4 Å². The van der Waals surface area contributed by atoms with Gasteiger partial charge in [-0.25, -0.2) is 4.39 Å². The van der Waals surface area contributed by atoms with Crippen LogP contribution in [0.15, 0.2) is 59.1 Å². The van der Waals surface area contributed by atoms with Crippen LogP contribution in [0.25, 0.3) is 16.5 Å². The van der Waals surface area contributed by atoms with Gasteiger partial charge in [0.1, 0.15) is 22.9 Å². The molecule has 1 aromatic heterocycles. The second-order valence-electron chi connectivity index (χ2n) is 10.3. The summed E-state index contributed by atoms with van der Waals surface area (Å²) >= 11 is 0. The molecule has 178 valence electrons. The number of benzene rings is 2. The predicted octanol–water partition coefficient (Wildman–Crippen LogP) is 7.42. The third-order valence-electron chi connectivity index (χ3n) is 7.89. The van der Waals surface area contributed by atoms with E-state index < -0.39 is 5.41 Å². The summed E-state index contributed by atoms with van der Waals surface area (Å²) in [5.74, 6) is 1.13. The molecule has 0 amide bonds. The van der Waals surface area contributed by atoms with E-state index in [-0.39, 0.29) is 11.7 Å². The molecule has 0 spiro atoms. The third kappa shape index (κ3) is 4.43. The molecular weight excluding hydrogens is 425 g/mol. The van der Waals surface area contributed by atoms with Gasteiger partial charge >= 0.3 is 0 Å². The number of rotatable bonds is 7. The molecule has 34 heavy (non-hydrogen) atoms. The van der Waals surface area contributed by atoms with E-state index in [0.717, 1.165) is 85.0 Å². The Hall–Kier alpha value is -2.88. The number of carbonyl (C=O) groups excluding carboxylic acids is 1. The molecule has 1 fully saturated rings. The Bertz CT molecular complexity index is 1210. The number of carbonyl (C=O) groups is 1. The highest BCUT2D eigenvalue weighted by molar-refractivity contribution is 5.92. The van der Waals surface area contributed by atoms with Crippen molar-refractivity contribution in [3.8, 4) is 0 Å². The number of fused-ring (bicyclic) bond motifs is 1. The van der Waals surface area contributed by atoms with Crippen molar-refractivity contribution < 1.29 is 13.6 Å². The van der Waals surface area contributed by atoms with Gasteiger partial charge in [-0.1, -0.05) is 49.6 Å². The SMILES string of the molecule is Cc1cc2cc(F)cc(C3=CN(CCC(C)(C(=O)C4CCCCC4)c4ccccc4)CC3)c2o1. The van der Waals surface area contributed by atoms with E-state index in [2.05, 4.69) is 30.2 Å². The van der Waals surface area contributed by atoms with Crippen LogP contribution in [0.5, 0.6) is 0 Å². The average Bonchev–Trinajstić information content (AvgIpc) is 3.48. The van der Waals surface area contributed by atoms with E-state index in [4.69, 9.17) is 4.42 Å². The lowest BCUT2D eigenvalue weighted by Crippen LogP contribution is -2.40. The van der Waals surface area contributed by atoms with E-state index in [1.165, 1.54) is 12.5 Å². The van der Waals surface area contributed by atoms with Crippen LogP contribution < -0.4 is 0 Å². The first-order chi connectivity index (χ1) is 16.4. The minimum atomic E-state index is -0.496. The quantitative estimate of drug-likeness (QED) is 0.368. The van der Waals surface area contributed by atoms with Gasteiger partial charge in [-0.05, 0) is 68.9 Å². The summed E-state index contributed by atoms with van der Waals surface area (Å²) in [4.78, 5) is 16.1. The van der Waals surface area contributed by atoms with Crippen LogP contribution in [0.3, 0.4) is 0 Å². The maximum absolute atomic E-state index is 14.3. The molecule has 0 N–H and O–H groups in total. The van der Waals surface area contributed by atoms with Gasteiger partial charge in [0.25, 0.3) is 0 Å². The van der Waals surface area contributed by atoms with Crippen LogP contribution >= 0.6 is 0 Å². The smallest absolute Gasteiger partial charge is 0.146 e. The van der Waals surface area contributed by atoms with E-state index in [0.29, 0.717) is 5.78 Å². The molecule has 1 saturated carbocycles. The highest BCUT2D eigenvalue weighted by Gasteiger charge is 2.39. The number of hydrogen-bond donors (Lipinski definition) is 0. The molecule has 0 bridgehead atoms. The Labute approximate surface area is 201 Å². The lowest BCUT2D eigenvalue weighted by molar-refractivity contribution is -0.129. The van der Waals surface area contributed by atoms with Crippen molar-refractivity contribution >= 4 is 22.3 Å². The molecular formula is C30H34FNO2. The van der Waals surface area contributed by atoms with Gasteiger partial charge in [0.15, 0.2) is 0 Å². The molecule has 1 aliphatic carbocycles. The Balaban J connectivity index is 1.38.